The number of likely N-dealkylation sites (N-methyl/N-ethyl adjacent to an activating group) is 1. The zero-order chi connectivity index (χ0) is 26.1. The van der Waals surface area contributed by atoms with Gasteiger partial charge >= 0.3 is 6.03 Å². The summed E-state index contributed by atoms with van der Waals surface area (Å²) in [5.74, 6) is 0.879. The number of amides is 4. The summed E-state index contributed by atoms with van der Waals surface area (Å²) in [7, 11) is 0. The van der Waals surface area contributed by atoms with Crippen LogP contribution in [0.25, 0.3) is 0 Å². The number of carbonyl (C=O) groups is 3. The highest BCUT2D eigenvalue weighted by atomic mass is 35.5. The van der Waals surface area contributed by atoms with Crippen molar-refractivity contribution in [3.63, 3.8) is 0 Å². The van der Waals surface area contributed by atoms with E-state index in [1.165, 1.54) is 0 Å². The van der Waals surface area contributed by atoms with Gasteiger partial charge in [0.1, 0.15) is 12.7 Å². The summed E-state index contributed by atoms with van der Waals surface area (Å²) in [6, 6.07) is 11.3. The van der Waals surface area contributed by atoms with Crippen molar-refractivity contribution in [2.45, 2.75) is 25.5 Å². The maximum atomic E-state index is 13.5. The molecule has 9 nitrogen and oxygen atoms in total. The van der Waals surface area contributed by atoms with Crippen LogP contribution in [-0.2, 0) is 9.59 Å². The first-order chi connectivity index (χ1) is 17.9. The van der Waals surface area contributed by atoms with Crippen molar-refractivity contribution in [3.8, 4) is 11.5 Å². The van der Waals surface area contributed by atoms with E-state index in [0.29, 0.717) is 51.5 Å². The van der Waals surface area contributed by atoms with Crippen molar-refractivity contribution in [1.82, 2.24) is 20.4 Å². The van der Waals surface area contributed by atoms with Crippen LogP contribution >= 0.6 is 23.2 Å². The second kappa shape index (κ2) is 10.5. The molecule has 194 valence electrons. The van der Waals surface area contributed by atoms with Crippen LogP contribution in [0.4, 0.5) is 4.79 Å². The highest BCUT2D eigenvalue weighted by Crippen LogP contribution is 2.39. The predicted molar refractivity (Wildman–Crippen MR) is 138 cm³/mol. The molecule has 2 aromatic rings. The second-order valence-electron chi connectivity index (χ2n) is 8.93. The van der Waals surface area contributed by atoms with Crippen LogP contribution in [0.3, 0.4) is 0 Å². The molecular weight excluding hydrogens is 519 g/mol. The molecule has 3 heterocycles. The predicted octanol–water partition coefficient (Wildman–Crippen LogP) is 3.52. The zero-order valence-electron chi connectivity index (χ0n) is 20.1. The minimum Gasteiger partial charge on any atom is -0.486 e. The van der Waals surface area contributed by atoms with Gasteiger partial charge in [-0.25, -0.2) is 4.79 Å². The highest BCUT2D eigenvalue weighted by Gasteiger charge is 2.44. The van der Waals surface area contributed by atoms with E-state index in [1.807, 2.05) is 31.2 Å². The lowest BCUT2D eigenvalue weighted by Crippen LogP contribution is -2.47. The third-order valence-electron chi connectivity index (χ3n) is 6.59. The lowest BCUT2D eigenvalue weighted by molar-refractivity contribution is -0.127. The summed E-state index contributed by atoms with van der Waals surface area (Å²) in [6.45, 7) is 3.31. The number of benzene rings is 2. The Kier molecular flexibility index (Phi) is 7.17. The molecule has 0 spiro atoms. The van der Waals surface area contributed by atoms with E-state index < -0.39 is 6.04 Å². The number of fused-ring (bicyclic) bond motifs is 1. The molecule has 0 aliphatic carbocycles. The van der Waals surface area contributed by atoms with E-state index in [2.05, 4.69) is 10.6 Å². The molecule has 37 heavy (non-hydrogen) atoms. The molecule has 0 aromatic heterocycles. The smallest absolute Gasteiger partial charge is 0.322 e. The average molecular weight is 545 g/mol. The van der Waals surface area contributed by atoms with Crippen molar-refractivity contribution in [3.05, 3.63) is 69.3 Å². The normalized spacial score (nSPS) is 20.6. The monoisotopic (exact) mass is 544 g/mol. The van der Waals surface area contributed by atoms with Crippen molar-refractivity contribution in [2.75, 3.05) is 32.8 Å². The summed E-state index contributed by atoms with van der Waals surface area (Å²) in [6.07, 6.45) is -0.197. The fraction of sp³-hybridized carbons (Fsp3) is 0.346. The van der Waals surface area contributed by atoms with Gasteiger partial charge in [0.2, 0.25) is 5.91 Å². The summed E-state index contributed by atoms with van der Waals surface area (Å²) in [5, 5.41) is 6.57. The van der Waals surface area contributed by atoms with Gasteiger partial charge in [-0.1, -0.05) is 41.4 Å². The minimum atomic E-state index is -0.701. The van der Waals surface area contributed by atoms with Crippen LogP contribution in [0.1, 0.15) is 24.9 Å². The van der Waals surface area contributed by atoms with Crippen LogP contribution in [-0.4, -0.2) is 66.5 Å². The molecule has 4 amide bonds. The van der Waals surface area contributed by atoms with Gasteiger partial charge in [0.15, 0.2) is 11.5 Å². The summed E-state index contributed by atoms with van der Waals surface area (Å²) in [5.41, 5.74) is 1.67. The number of para-hydroxylation sites is 2. The number of nitrogens with one attached hydrogen (secondary N) is 2. The number of halogens is 2. The maximum Gasteiger partial charge on any atom is 0.322 e. The molecule has 2 aromatic carbocycles. The van der Waals surface area contributed by atoms with Gasteiger partial charge in [0.25, 0.3) is 5.91 Å². The third-order valence-corrected chi connectivity index (χ3v) is 7.15. The maximum absolute atomic E-state index is 13.5. The van der Waals surface area contributed by atoms with E-state index in [1.54, 1.807) is 28.0 Å². The van der Waals surface area contributed by atoms with Crippen molar-refractivity contribution in [2.24, 2.45) is 0 Å². The number of hydrogen-bond donors (Lipinski definition) is 2. The topological polar surface area (TPSA) is 100 Å². The Hall–Kier alpha value is -3.43. The SMILES string of the molecule is CCN1C(=O)N[C@H](c2ccc(Cl)cc2Cl)C2=C1CN(CCC(=O)NC[C@@H]1COc3ccccc3O1)C2=O. The molecule has 5 rings (SSSR count). The van der Waals surface area contributed by atoms with Crippen LogP contribution in [0.15, 0.2) is 53.7 Å². The van der Waals surface area contributed by atoms with E-state index in [0.717, 1.165) is 0 Å². The molecule has 0 bridgehead atoms. The van der Waals surface area contributed by atoms with Crippen molar-refractivity contribution >= 4 is 41.0 Å². The van der Waals surface area contributed by atoms with Gasteiger partial charge in [0, 0.05) is 29.6 Å². The molecule has 0 unspecified atom stereocenters. The van der Waals surface area contributed by atoms with Crippen LogP contribution in [0.2, 0.25) is 10.0 Å². The Morgan fingerprint density at radius 2 is 1.95 bits per heavy atom. The van der Waals surface area contributed by atoms with E-state index in [-0.39, 0.29) is 50.0 Å². The van der Waals surface area contributed by atoms with Crippen molar-refractivity contribution < 1.29 is 23.9 Å². The number of carbonyl (C=O) groups excluding carboxylic acids is 3. The van der Waals surface area contributed by atoms with Gasteiger partial charge in [-0.2, -0.15) is 0 Å². The number of rotatable bonds is 7. The lowest BCUT2D eigenvalue weighted by atomic mass is 9.95. The Morgan fingerprint density at radius 1 is 1.16 bits per heavy atom. The molecule has 3 aliphatic rings. The lowest BCUT2D eigenvalue weighted by Gasteiger charge is -2.33. The Morgan fingerprint density at radius 3 is 2.70 bits per heavy atom. The van der Waals surface area contributed by atoms with Gasteiger partial charge < -0.3 is 25.0 Å². The van der Waals surface area contributed by atoms with Gasteiger partial charge in [-0.15, -0.1) is 0 Å². The molecule has 0 fully saturated rings. The molecule has 0 saturated carbocycles. The van der Waals surface area contributed by atoms with E-state index in [9.17, 15) is 14.4 Å². The molecule has 11 heteroatoms. The van der Waals surface area contributed by atoms with E-state index in [4.69, 9.17) is 32.7 Å². The molecule has 3 aliphatic heterocycles. The largest absolute Gasteiger partial charge is 0.486 e. The fourth-order valence-electron chi connectivity index (χ4n) is 4.75. The molecule has 0 radical (unpaired) electrons. The van der Waals surface area contributed by atoms with Crippen LogP contribution in [0.5, 0.6) is 11.5 Å². The quantitative estimate of drug-likeness (QED) is 0.555. The second-order valence-corrected chi connectivity index (χ2v) is 9.77. The van der Waals surface area contributed by atoms with Crippen molar-refractivity contribution in [1.29, 1.82) is 0 Å². The zero-order valence-corrected chi connectivity index (χ0v) is 21.6. The minimum absolute atomic E-state index is 0.107. The Bertz CT molecular complexity index is 1280. The molecule has 2 atom stereocenters. The molecule has 0 saturated heterocycles. The first kappa shape index (κ1) is 25.2. The fourth-order valence-corrected chi connectivity index (χ4v) is 5.27. The number of nitrogens with zero attached hydrogens (tertiary/aromatic N) is 2. The average Bonchev–Trinajstić information content (AvgIpc) is 3.21. The molecular formula is C26H26Cl2N4O5. The highest BCUT2D eigenvalue weighted by molar-refractivity contribution is 6.35. The van der Waals surface area contributed by atoms with Gasteiger partial charge in [-0.05, 0) is 36.8 Å². The van der Waals surface area contributed by atoms with E-state index >= 15 is 0 Å². The summed E-state index contributed by atoms with van der Waals surface area (Å²) < 4.78 is 11.6. The first-order valence-corrected chi connectivity index (χ1v) is 12.8. The summed E-state index contributed by atoms with van der Waals surface area (Å²) in [4.78, 5) is 42.0. The number of ether oxygens (including phenoxy) is 2. The number of urea groups is 1. The standard InChI is InChI=1S/C26H26Cl2N4O5/c1-2-32-19-13-31(10-9-22(33)29-12-16-14-36-20-5-3-4-6-21(20)37-16)25(34)23(19)24(30-26(32)35)17-8-7-15(27)11-18(17)28/h3-8,11,16,24H,2,9-10,12-14H2,1H3,(H,29,33)(H,30,35)/t16-,24-/m1/s1. The van der Waals surface area contributed by atoms with Gasteiger partial charge in [0.05, 0.1) is 30.4 Å². The Labute approximate surface area is 224 Å². The number of hydrogen-bond acceptors (Lipinski definition) is 5. The molecule has 2 N–H and O–H groups in total. The third kappa shape index (κ3) is 5.06. The van der Waals surface area contributed by atoms with Crippen LogP contribution in [0, 0.1) is 0 Å². The first-order valence-electron chi connectivity index (χ1n) is 12.1. The van der Waals surface area contributed by atoms with Crippen LogP contribution < -0.4 is 20.1 Å². The summed E-state index contributed by atoms with van der Waals surface area (Å²) >= 11 is 12.5. The van der Waals surface area contributed by atoms with Gasteiger partial charge in [-0.3, -0.25) is 14.5 Å². The Balaban J connectivity index is 1.22.